The average Bonchev–Trinajstić information content (AvgIpc) is 3.06. The van der Waals surface area contributed by atoms with Crippen LogP contribution in [0.25, 0.3) is 11.1 Å². The van der Waals surface area contributed by atoms with Gasteiger partial charge in [0, 0.05) is 17.7 Å². The first-order chi connectivity index (χ1) is 13.9. The first kappa shape index (κ1) is 19.5. The van der Waals surface area contributed by atoms with Gasteiger partial charge in [-0.1, -0.05) is 35.3 Å². The summed E-state index contributed by atoms with van der Waals surface area (Å²) in [6, 6.07) is 16.4. The maximum Gasteiger partial charge on any atom is 0.255 e. The Balaban J connectivity index is 1.46. The SMILES string of the molecule is Cc1cc2nc(Cc3ccc(NC(=O)c4ccc(Cl)c(Cl)c4)cc3)oc2cc1C. The van der Waals surface area contributed by atoms with Gasteiger partial charge >= 0.3 is 0 Å². The fourth-order valence-electron chi connectivity index (χ4n) is 3.02. The lowest BCUT2D eigenvalue weighted by Crippen LogP contribution is -2.11. The molecule has 0 saturated heterocycles. The Morgan fingerprint density at radius 1 is 0.966 bits per heavy atom. The van der Waals surface area contributed by atoms with E-state index in [1.807, 2.05) is 36.4 Å². The maximum absolute atomic E-state index is 12.4. The molecule has 3 aromatic carbocycles. The molecule has 0 bridgehead atoms. The number of halogens is 2. The second-order valence-electron chi connectivity index (χ2n) is 6.97. The molecule has 1 amide bonds. The number of aryl methyl sites for hydroxylation is 2. The zero-order chi connectivity index (χ0) is 20.5. The molecule has 0 radical (unpaired) electrons. The summed E-state index contributed by atoms with van der Waals surface area (Å²) in [6.07, 6.45) is 0.577. The number of nitrogens with one attached hydrogen (secondary N) is 1. The number of hydrogen-bond donors (Lipinski definition) is 1. The number of rotatable bonds is 4. The van der Waals surface area contributed by atoms with E-state index >= 15 is 0 Å². The van der Waals surface area contributed by atoms with E-state index in [0.717, 1.165) is 16.7 Å². The minimum absolute atomic E-state index is 0.249. The molecular formula is C23H18Cl2N2O2. The molecule has 0 fully saturated rings. The Bertz CT molecular complexity index is 1170. The summed E-state index contributed by atoms with van der Waals surface area (Å²) in [6.45, 7) is 4.12. The molecule has 0 unspecified atom stereocenters. The van der Waals surface area contributed by atoms with Gasteiger partial charge in [0.05, 0.1) is 10.0 Å². The summed E-state index contributed by atoms with van der Waals surface area (Å²) >= 11 is 11.9. The Morgan fingerprint density at radius 2 is 1.69 bits per heavy atom. The fourth-order valence-corrected chi connectivity index (χ4v) is 3.32. The predicted molar refractivity (Wildman–Crippen MR) is 117 cm³/mol. The topological polar surface area (TPSA) is 55.1 Å². The molecule has 0 spiro atoms. The van der Waals surface area contributed by atoms with Crippen molar-refractivity contribution >= 4 is 45.9 Å². The molecule has 1 heterocycles. The molecule has 0 aliphatic carbocycles. The lowest BCUT2D eigenvalue weighted by molar-refractivity contribution is 0.102. The Kier molecular flexibility index (Phi) is 5.31. The minimum atomic E-state index is -0.249. The fraction of sp³-hybridized carbons (Fsp3) is 0.130. The van der Waals surface area contributed by atoms with E-state index in [0.29, 0.717) is 33.6 Å². The molecule has 1 N–H and O–H groups in total. The van der Waals surface area contributed by atoms with Crippen LogP contribution in [-0.4, -0.2) is 10.9 Å². The molecule has 0 saturated carbocycles. The number of oxazole rings is 1. The third kappa shape index (κ3) is 4.29. The van der Waals surface area contributed by atoms with Crippen LogP contribution in [0.3, 0.4) is 0 Å². The third-order valence-electron chi connectivity index (χ3n) is 4.80. The number of amides is 1. The van der Waals surface area contributed by atoms with Gasteiger partial charge in [0.2, 0.25) is 0 Å². The normalized spacial score (nSPS) is 11.0. The van der Waals surface area contributed by atoms with Crippen molar-refractivity contribution in [3.63, 3.8) is 0 Å². The molecule has 4 aromatic rings. The smallest absolute Gasteiger partial charge is 0.255 e. The minimum Gasteiger partial charge on any atom is -0.440 e. The summed E-state index contributed by atoms with van der Waals surface area (Å²) in [5, 5.41) is 3.61. The van der Waals surface area contributed by atoms with Crippen molar-refractivity contribution in [3.8, 4) is 0 Å². The van der Waals surface area contributed by atoms with Crippen LogP contribution in [0.2, 0.25) is 10.0 Å². The van der Waals surface area contributed by atoms with Gasteiger partial charge in [0.1, 0.15) is 5.52 Å². The van der Waals surface area contributed by atoms with Crippen molar-refractivity contribution < 1.29 is 9.21 Å². The zero-order valence-corrected chi connectivity index (χ0v) is 17.4. The number of benzene rings is 3. The van der Waals surface area contributed by atoms with Crippen LogP contribution >= 0.6 is 23.2 Å². The standard InChI is InChI=1S/C23H18Cl2N2O2/c1-13-9-20-21(10-14(13)2)29-22(27-20)11-15-3-6-17(7-4-15)26-23(28)16-5-8-18(24)19(25)12-16/h3-10,12H,11H2,1-2H3,(H,26,28). The molecule has 146 valence electrons. The van der Waals surface area contributed by atoms with Gasteiger partial charge in [-0.3, -0.25) is 4.79 Å². The quantitative estimate of drug-likeness (QED) is 0.401. The van der Waals surface area contributed by atoms with Crippen molar-refractivity contribution in [2.24, 2.45) is 0 Å². The number of hydrogen-bond acceptors (Lipinski definition) is 3. The van der Waals surface area contributed by atoms with E-state index in [9.17, 15) is 4.79 Å². The molecule has 0 atom stereocenters. The molecule has 4 rings (SSSR count). The molecule has 0 aliphatic heterocycles. The van der Waals surface area contributed by atoms with E-state index in [-0.39, 0.29) is 5.91 Å². The maximum atomic E-state index is 12.4. The molecule has 6 heteroatoms. The van der Waals surface area contributed by atoms with Crippen molar-refractivity contribution in [2.45, 2.75) is 20.3 Å². The Morgan fingerprint density at radius 3 is 2.41 bits per heavy atom. The number of fused-ring (bicyclic) bond motifs is 1. The lowest BCUT2D eigenvalue weighted by atomic mass is 10.1. The third-order valence-corrected chi connectivity index (χ3v) is 5.54. The zero-order valence-electron chi connectivity index (χ0n) is 15.9. The highest BCUT2D eigenvalue weighted by Crippen LogP contribution is 2.24. The van der Waals surface area contributed by atoms with Gasteiger partial charge in [0.15, 0.2) is 11.5 Å². The van der Waals surface area contributed by atoms with Crippen LogP contribution in [0.15, 0.2) is 59.0 Å². The van der Waals surface area contributed by atoms with Gasteiger partial charge in [-0.15, -0.1) is 0 Å². The van der Waals surface area contributed by atoms with Crippen LogP contribution in [-0.2, 0) is 6.42 Å². The molecule has 0 aliphatic rings. The summed E-state index contributed by atoms with van der Waals surface area (Å²) < 4.78 is 5.88. The van der Waals surface area contributed by atoms with Crippen LogP contribution < -0.4 is 5.32 Å². The number of nitrogens with zero attached hydrogens (tertiary/aromatic N) is 1. The number of anilines is 1. The van der Waals surface area contributed by atoms with Gasteiger partial charge in [-0.2, -0.15) is 0 Å². The summed E-state index contributed by atoms with van der Waals surface area (Å²) in [5.41, 5.74) is 6.22. The monoisotopic (exact) mass is 424 g/mol. The van der Waals surface area contributed by atoms with Crippen LogP contribution in [0, 0.1) is 13.8 Å². The first-order valence-electron chi connectivity index (χ1n) is 9.11. The molecule has 1 aromatic heterocycles. The summed E-state index contributed by atoms with van der Waals surface area (Å²) in [7, 11) is 0. The van der Waals surface area contributed by atoms with Crippen molar-refractivity contribution in [2.75, 3.05) is 5.32 Å². The highest BCUT2D eigenvalue weighted by molar-refractivity contribution is 6.42. The van der Waals surface area contributed by atoms with E-state index in [1.54, 1.807) is 18.2 Å². The van der Waals surface area contributed by atoms with Crippen LogP contribution in [0.5, 0.6) is 0 Å². The van der Waals surface area contributed by atoms with Crippen molar-refractivity contribution in [1.82, 2.24) is 4.98 Å². The van der Waals surface area contributed by atoms with E-state index in [2.05, 4.69) is 24.1 Å². The van der Waals surface area contributed by atoms with Gasteiger partial charge < -0.3 is 9.73 Å². The summed E-state index contributed by atoms with van der Waals surface area (Å²) in [5.74, 6) is 0.415. The van der Waals surface area contributed by atoms with Gasteiger partial charge in [0.25, 0.3) is 5.91 Å². The number of carbonyl (C=O) groups is 1. The second-order valence-corrected chi connectivity index (χ2v) is 7.78. The van der Waals surface area contributed by atoms with Gasteiger partial charge in [-0.05, 0) is 73.0 Å². The highest BCUT2D eigenvalue weighted by atomic mass is 35.5. The molecule has 4 nitrogen and oxygen atoms in total. The Labute approximate surface area is 178 Å². The van der Waals surface area contributed by atoms with Crippen LogP contribution in [0.4, 0.5) is 5.69 Å². The van der Waals surface area contributed by atoms with Crippen LogP contribution in [0.1, 0.15) is 32.9 Å². The highest BCUT2D eigenvalue weighted by Gasteiger charge is 2.10. The summed E-state index contributed by atoms with van der Waals surface area (Å²) in [4.78, 5) is 16.9. The average molecular weight is 425 g/mol. The predicted octanol–water partition coefficient (Wildman–Crippen LogP) is 6.59. The largest absolute Gasteiger partial charge is 0.440 e. The number of aromatic nitrogens is 1. The molecule has 29 heavy (non-hydrogen) atoms. The van der Waals surface area contributed by atoms with E-state index in [1.165, 1.54) is 11.1 Å². The first-order valence-corrected chi connectivity index (χ1v) is 9.86. The Hall–Kier alpha value is -2.82. The number of carbonyl (C=O) groups excluding carboxylic acids is 1. The van der Waals surface area contributed by atoms with E-state index in [4.69, 9.17) is 27.6 Å². The van der Waals surface area contributed by atoms with Gasteiger partial charge in [-0.25, -0.2) is 4.98 Å². The van der Waals surface area contributed by atoms with E-state index < -0.39 is 0 Å². The second kappa shape index (κ2) is 7.90. The lowest BCUT2D eigenvalue weighted by Gasteiger charge is -2.07. The molecular weight excluding hydrogens is 407 g/mol. The van der Waals surface area contributed by atoms with Crippen molar-refractivity contribution in [3.05, 3.63) is 92.8 Å². The van der Waals surface area contributed by atoms with Crippen molar-refractivity contribution in [1.29, 1.82) is 0 Å².